The van der Waals surface area contributed by atoms with E-state index < -0.39 is 0 Å². The fraction of sp³-hybridized carbons (Fsp3) is 0.417. The number of rotatable bonds is 3. The normalized spacial score (nSPS) is 23.4. The first-order valence-corrected chi connectivity index (χ1v) is 5.42. The average Bonchev–Trinajstić information content (AvgIpc) is 2.80. The molecular formula is C12H14FNO3. The topological polar surface area (TPSA) is 47.6 Å². The molecule has 0 aromatic heterocycles. The van der Waals surface area contributed by atoms with Crippen LogP contribution in [0, 0.1) is 5.82 Å². The van der Waals surface area contributed by atoms with E-state index in [1.165, 1.54) is 19.2 Å². The number of carbonyl (C=O) groups is 1. The number of ether oxygens (including phenoxy) is 2. The molecule has 2 atom stereocenters. The number of carbonyl (C=O) groups excluding carboxylic acids is 1. The smallest absolute Gasteiger partial charge is 0.323 e. The monoisotopic (exact) mass is 239 g/mol. The van der Waals surface area contributed by atoms with Gasteiger partial charge in [-0.1, -0.05) is 0 Å². The third kappa shape index (κ3) is 2.94. The third-order valence-electron chi connectivity index (χ3n) is 2.69. The molecule has 0 radical (unpaired) electrons. The van der Waals surface area contributed by atoms with E-state index in [1.54, 1.807) is 12.1 Å². The van der Waals surface area contributed by atoms with Crippen LogP contribution < -0.4 is 10.1 Å². The Morgan fingerprint density at radius 2 is 2.12 bits per heavy atom. The molecule has 92 valence electrons. The predicted octanol–water partition coefficient (Wildman–Crippen LogP) is 1.11. The van der Waals surface area contributed by atoms with Gasteiger partial charge in [-0.25, -0.2) is 4.39 Å². The number of esters is 1. The second-order valence-electron chi connectivity index (χ2n) is 3.91. The number of nitrogens with one attached hydrogen (secondary N) is 1. The highest BCUT2D eigenvalue weighted by Crippen LogP contribution is 2.18. The fourth-order valence-corrected chi connectivity index (χ4v) is 1.82. The van der Waals surface area contributed by atoms with Crippen molar-refractivity contribution < 1.29 is 18.7 Å². The molecule has 4 nitrogen and oxygen atoms in total. The maximum Gasteiger partial charge on any atom is 0.323 e. The minimum absolute atomic E-state index is 0.0930. The van der Waals surface area contributed by atoms with Gasteiger partial charge in [-0.2, -0.15) is 0 Å². The SMILES string of the molecule is COC(=O)[C@H]1C[C@@H](Oc2ccc(F)cc2)CN1. The Morgan fingerprint density at radius 3 is 2.76 bits per heavy atom. The van der Waals surface area contributed by atoms with Gasteiger partial charge in [-0.3, -0.25) is 4.79 Å². The van der Waals surface area contributed by atoms with Gasteiger partial charge in [0.25, 0.3) is 0 Å². The van der Waals surface area contributed by atoms with Crippen LogP contribution in [0.4, 0.5) is 4.39 Å². The summed E-state index contributed by atoms with van der Waals surface area (Å²) in [7, 11) is 1.36. The summed E-state index contributed by atoms with van der Waals surface area (Å²) in [6.07, 6.45) is 0.467. The van der Waals surface area contributed by atoms with Crippen LogP contribution in [-0.2, 0) is 9.53 Å². The molecule has 1 saturated heterocycles. The van der Waals surface area contributed by atoms with Gasteiger partial charge in [0.2, 0.25) is 0 Å². The van der Waals surface area contributed by atoms with Crippen molar-refractivity contribution in [2.75, 3.05) is 13.7 Å². The van der Waals surface area contributed by atoms with E-state index >= 15 is 0 Å². The number of hydrogen-bond acceptors (Lipinski definition) is 4. The van der Waals surface area contributed by atoms with Crippen molar-refractivity contribution in [3.63, 3.8) is 0 Å². The van der Waals surface area contributed by atoms with Crippen molar-refractivity contribution in [2.24, 2.45) is 0 Å². The molecule has 0 amide bonds. The Bertz CT molecular complexity index is 393. The van der Waals surface area contributed by atoms with Crippen LogP contribution in [-0.4, -0.2) is 31.8 Å². The van der Waals surface area contributed by atoms with E-state index in [4.69, 9.17) is 4.74 Å². The molecule has 1 aromatic rings. The zero-order chi connectivity index (χ0) is 12.3. The molecular weight excluding hydrogens is 225 g/mol. The van der Waals surface area contributed by atoms with E-state index in [9.17, 15) is 9.18 Å². The van der Waals surface area contributed by atoms with E-state index in [-0.39, 0.29) is 23.9 Å². The molecule has 1 aromatic carbocycles. The summed E-state index contributed by atoms with van der Waals surface area (Å²) in [6.45, 7) is 0.580. The molecule has 1 N–H and O–H groups in total. The first kappa shape index (κ1) is 11.9. The minimum Gasteiger partial charge on any atom is -0.489 e. The molecule has 0 unspecified atom stereocenters. The highest BCUT2D eigenvalue weighted by Gasteiger charge is 2.31. The molecule has 0 bridgehead atoms. The molecule has 0 saturated carbocycles. The van der Waals surface area contributed by atoms with Gasteiger partial charge in [0.1, 0.15) is 23.7 Å². The van der Waals surface area contributed by atoms with Gasteiger partial charge < -0.3 is 14.8 Å². The van der Waals surface area contributed by atoms with Gasteiger partial charge >= 0.3 is 5.97 Å². The summed E-state index contributed by atoms with van der Waals surface area (Å²) < 4.78 is 22.9. The van der Waals surface area contributed by atoms with Gasteiger partial charge in [0, 0.05) is 13.0 Å². The molecule has 1 heterocycles. The second kappa shape index (κ2) is 5.14. The Balaban J connectivity index is 1.89. The summed E-state index contributed by atoms with van der Waals surface area (Å²) in [5, 5.41) is 3.02. The quantitative estimate of drug-likeness (QED) is 0.803. The van der Waals surface area contributed by atoms with Crippen LogP contribution in [0.5, 0.6) is 5.75 Å². The maximum absolute atomic E-state index is 12.7. The lowest BCUT2D eigenvalue weighted by molar-refractivity contribution is -0.142. The van der Waals surface area contributed by atoms with E-state index in [2.05, 4.69) is 10.1 Å². The van der Waals surface area contributed by atoms with Gasteiger partial charge in [-0.15, -0.1) is 0 Å². The largest absolute Gasteiger partial charge is 0.489 e. The molecule has 2 rings (SSSR count). The van der Waals surface area contributed by atoms with Crippen LogP contribution in [0.2, 0.25) is 0 Å². The average molecular weight is 239 g/mol. The Hall–Kier alpha value is -1.62. The lowest BCUT2D eigenvalue weighted by atomic mass is 10.2. The summed E-state index contributed by atoms with van der Waals surface area (Å²) in [5.74, 6) is 0.0215. The van der Waals surface area contributed by atoms with Crippen molar-refractivity contribution >= 4 is 5.97 Å². The molecule has 0 spiro atoms. The summed E-state index contributed by atoms with van der Waals surface area (Å²) >= 11 is 0. The summed E-state index contributed by atoms with van der Waals surface area (Å²) in [5.41, 5.74) is 0. The van der Waals surface area contributed by atoms with Crippen LogP contribution >= 0.6 is 0 Å². The van der Waals surface area contributed by atoms with Crippen molar-refractivity contribution in [1.82, 2.24) is 5.32 Å². The van der Waals surface area contributed by atoms with E-state index in [0.717, 1.165) is 0 Å². The lowest BCUT2D eigenvalue weighted by Gasteiger charge is -2.12. The molecule has 1 fully saturated rings. The second-order valence-corrected chi connectivity index (χ2v) is 3.91. The van der Waals surface area contributed by atoms with E-state index in [0.29, 0.717) is 18.7 Å². The predicted molar refractivity (Wildman–Crippen MR) is 59.2 cm³/mol. The summed E-state index contributed by atoms with van der Waals surface area (Å²) in [6, 6.07) is 5.51. The molecule has 1 aliphatic rings. The molecule has 17 heavy (non-hydrogen) atoms. The highest BCUT2D eigenvalue weighted by atomic mass is 19.1. The third-order valence-corrected chi connectivity index (χ3v) is 2.69. The van der Waals surface area contributed by atoms with Crippen molar-refractivity contribution in [3.05, 3.63) is 30.1 Å². The molecule has 0 aliphatic carbocycles. The van der Waals surface area contributed by atoms with Crippen LogP contribution in [0.15, 0.2) is 24.3 Å². The Morgan fingerprint density at radius 1 is 1.41 bits per heavy atom. The van der Waals surface area contributed by atoms with Gasteiger partial charge in [0.05, 0.1) is 7.11 Å². The highest BCUT2D eigenvalue weighted by molar-refractivity contribution is 5.76. The summed E-state index contributed by atoms with van der Waals surface area (Å²) in [4.78, 5) is 11.3. The molecule has 1 aliphatic heterocycles. The first-order valence-electron chi connectivity index (χ1n) is 5.42. The van der Waals surface area contributed by atoms with Gasteiger partial charge in [0.15, 0.2) is 0 Å². The van der Waals surface area contributed by atoms with Crippen molar-refractivity contribution in [1.29, 1.82) is 0 Å². The Labute approximate surface area is 98.7 Å². The van der Waals surface area contributed by atoms with Crippen molar-refractivity contribution in [3.8, 4) is 5.75 Å². The zero-order valence-corrected chi connectivity index (χ0v) is 9.48. The van der Waals surface area contributed by atoms with Crippen molar-refractivity contribution in [2.45, 2.75) is 18.6 Å². The van der Waals surface area contributed by atoms with E-state index in [1.807, 2.05) is 0 Å². The number of methoxy groups -OCH3 is 1. The fourth-order valence-electron chi connectivity index (χ4n) is 1.82. The Kier molecular flexibility index (Phi) is 3.58. The number of halogens is 1. The zero-order valence-electron chi connectivity index (χ0n) is 9.48. The number of benzene rings is 1. The first-order chi connectivity index (χ1) is 8.19. The maximum atomic E-state index is 12.7. The van der Waals surface area contributed by atoms with Gasteiger partial charge in [-0.05, 0) is 24.3 Å². The number of hydrogen-bond donors (Lipinski definition) is 1. The van der Waals surface area contributed by atoms with Crippen LogP contribution in [0.25, 0.3) is 0 Å². The molecule has 5 heteroatoms. The van der Waals surface area contributed by atoms with Crippen LogP contribution in [0.1, 0.15) is 6.42 Å². The standard InChI is InChI=1S/C12H14FNO3/c1-16-12(15)11-6-10(7-14-11)17-9-4-2-8(13)3-5-9/h2-5,10-11,14H,6-7H2,1H3/t10-,11-/m1/s1. The lowest BCUT2D eigenvalue weighted by Crippen LogP contribution is -2.31. The van der Waals surface area contributed by atoms with Crippen LogP contribution in [0.3, 0.4) is 0 Å². The minimum atomic E-state index is -0.314.